The van der Waals surface area contributed by atoms with Crippen LogP contribution >= 0.6 is 11.8 Å². The second-order valence-corrected chi connectivity index (χ2v) is 4.48. The molecule has 0 saturated carbocycles. The molecule has 1 aromatic carbocycles. The molecule has 0 spiro atoms. The fraction of sp³-hybridized carbons (Fsp3) is 0.333. The second-order valence-electron chi connectivity index (χ2n) is 3.03. The summed E-state index contributed by atoms with van der Waals surface area (Å²) in [6.07, 6.45) is 0. The summed E-state index contributed by atoms with van der Waals surface area (Å²) in [5.74, 6) is 0. The highest BCUT2D eigenvalue weighted by Gasteiger charge is 2.16. The number of nitrogens with one attached hydrogen (secondary N) is 1. The lowest BCUT2D eigenvalue weighted by Gasteiger charge is -2.23. The van der Waals surface area contributed by atoms with E-state index in [0.29, 0.717) is 5.25 Å². The molecule has 0 bridgehead atoms. The molecule has 1 unspecified atom stereocenters. The van der Waals surface area contributed by atoms with Crippen LogP contribution < -0.4 is 11.1 Å². The van der Waals surface area contributed by atoms with Gasteiger partial charge >= 0.3 is 0 Å². The van der Waals surface area contributed by atoms with E-state index in [9.17, 15) is 0 Å². The molecule has 1 atom stereocenters. The number of anilines is 2. The van der Waals surface area contributed by atoms with Crippen LogP contribution in [0.25, 0.3) is 0 Å². The largest absolute Gasteiger partial charge is 0.398 e. The number of nitrogen functional groups attached to an aromatic ring is 1. The molecule has 1 aromatic rings. The van der Waals surface area contributed by atoms with Crippen LogP contribution in [-0.2, 0) is 0 Å². The number of nitrogens with two attached hydrogens (primary N) is 1. The number of hydrogen-bond acceptors (Lipinski definition) is 3. The minimum Gasteiger partial charge on any atom is -0.398 e. The first-order valence-electron chi connectivity index (χ1n) is 4.06. The molecule has 2 nitrogen and oxygen atoms in total. The van der Waals surface area contributed by atoms with Gasteiger partial charge in [-0.3, -0.25) is 0 Å². The van der Waals surface area contributed by atoms with E-state index < -0.39 is 0 Å². The molecule has 2 rings (SSSR count). The van der Waals surface area contributed by atoms with E-state index >= 15 is 0 Å². The Bertz CT molecular complexity index is 299. The molecule has 0 saturated heterocycles. The molecule has 12 heavy (non-hydrogen) atoms. The molecule has 0 radical (unpaired) electrons. The SMILES string of the molecule is CC1CNc2cccc(N)c2S1. The van der Waals surface area contributed by atoms with Crippen molar-refractivity contribution < 1.29 is 0 Å². The zero-order chi connectivity index (χ0) is 8.55. The van der Waals surface area contributed by atoms with Gasteiger partial charge < -0.3 is 11.1 Å². The molecule has 0 aliphatic carbocycles. The summed E-state index contributed by atoms with van der Waals surface area (Å²) in [6, 6.07) is 6.01. The molecule has 64 valence electrons. The zero-order valence-electron chi connectivity index (χ0n) is 7.00. The van der Waals surface area contributed by atoms with Crippen molar-refractivity contribution in [2.45, 2.75) is 17.1 Å². The van der Waals surface area contributed by atoms with Crippen molar-refractivity contribution >= 4 is 23.1 Å². The third kappa shape index (κ3) is 1.25. The van der Waals surface area contributed by atoms with E-state index in [1.807, 2.05) is 23.9 Å². The highest BCUT2D eigenvalue weighted by molar-refractivity contribution is 8.00. The van der Waals surface area contributed by atoms with Gasteiger partial charge in [0.05, 0.1) is 4.90 Å². The second kappa shape index (κ2) is 2.90. The summed E-state index contributed by atoms with van der Waals surface area (Å²) in [5, 5.41) is 3.97. The van der Waals surface area contributed by atoms with Gasteiger partial charge in [0.2, 0.25) is 0 Å². The fourth-order valence-electron chi connectivity index (χ4n) is 1.32. The first-order valence-corrected chi connectivity index (χ1v) is 4.94. The van der Waals surface area contributed by atoms with Crippen LogP contribution in [0, 0.1) is 0 Å². The van der Waals surface area contributed by atoms with Gasteiger partial charge in [-0.1, -0.05) is 13.0 Å². The minimum absolute atomic E-state index is 0.613. The normalized spacial score (nSPS) is 21.2. The molecular weight excluding hydrogens is 168 g/mol. The molecule has 1 aliphatic heterocycles. The predicted octanol–water partition coefficient (Wildman–Crippen LogP) is 2.17. The summed E-state index contributed by atoms with van der Waals surface area (Å²) in [4.78, 5) is 1.20. The van der Waals surface area contributed by atoms with Crippen molar-refractivity contribution in [3.63, 3.8) is 0 Å². The van der Waals surface area contributed by atoms with Gasteiger partial charge in [0.1, 0.15) is 0 Å². The Morgan fingerprint density at radius 1 is 1.58 bits per heavy atom. The van der Waals surface area contributed by atoms with Crippen LogP contribution in [0.15, 0.2) is 23.1 Å². The smallest absolute Gasteiger partial charge is 0.0537 e. The zero-order valence-corrected chi connectivity index (χ0v) is 7.82. The van der Waals surface area contributed by atoms with Crippen molar-refractivity contribution in [1.29, 1.82) is 0 Å². The lowest BCUT2D eigenvalue weighted by atomic mass is 10.2. The average Bonchev–Trinajstić information content (AvgIpc) is 2.07. The third-order valence-electron chi connectivity index (χ3n) is 1.94. The first-order chi connectivity index (χ1) is 5.77. The standard InChI is InChI=1S/C9H12N2S/c1-6-5-11-8-4-2-3-7(10)9(8)12-6/h2-4,6,11H,5,10H2,1H3. The van der Waals surface area contributed by atoms with E-state index in [4.69, 9.17) is 5.73 Å². The Morgan fingerprint density at radius 3 is 3.25 bits per heavy atom. The monoisotopic (exact) mass is 180 g/mol. The van der Waals surface area contributed by atoms with Gasteiger partial charge in [-0.2, -0.15) is 0 Å². The van der Waals surface area contributed by atoms with Gasteiger partial charge in [0, 0.05) is 23.2 Å². The van der Waals surface area contributed by atoms with Gasteiger partial charge in [0.15, 0.2) is 0 Å². The maximum atomic E-state index is 5.84. The Labute approximate surface area is 76.5 Å². The van der Waals surface area contributed by atoms with Gasteiger partial charge in [0.25, 0.3) is 0 Å². The molecule has 1 heterocycles. The fourth-order valence-corrected chi connectivity index (χ4v) is 2.36. The van der Waals surface area contributed by atoms with Gasteiger partial charge in [-0.25, -0.2) is 0 Å². The van der Waals surface area contributed by atoms with E-state index in [1.54, 1.807) is 0 Å². The Balaban J connectivity index is 2.43. The summed E-state index contributed by atoms with van der Waals surface area (Å²) in [5.41, 5.74) is 7.91. The number of rotatable bonds is 0. The van der Waals surface area contributed by atoms with E-state index in [1.165, 1.54) is 10.6 Å². The predicted molar refractivity (Wildman–Crippen MR) is 54.7 cm³/mol. The van der Waals surface area contributed by atoms with Crippen LogP contribution in [0.2, 0.25) is 0 Å². The maximum absolute atomic E-state index is 5.84. The molecular formula is C9H12N2S. The van der Waals surface area contributed by atoms with E-state index in [2.05, 4.69) is 18.3 Å². The van der Waals surface area contributed by atoms with Crippen LogP contribution in [0.4, 0.5) is 11.4 Å². The summed E-state index contributed by atoms with van der Waals surface area (Å²) < 4.78 is 0. The highest BCUT2D eigenvalue weighted by Crippen LogP contribution is 2.38. The molecule has 3 N–H and O–H groups in total. The quantitative estimate of drug-likeness (QED) is 0.601. The maximum Gasteiger partial charge on any atom is 0.0537 e. The average molecular weight is 180 g/mol. The van der Waals surface area contributed by atoms with Crippen LogP contribution in [0.3, 0.4) is 0 Å². The van der Waals surface area contributed by atoms with Crippen molar-refractivity contribution in [1.82, 2.24) is 0 Å². The molecule has 0 aromatic heterocycles. The van der Waals surface area contributed by atoms with E-state index in [-0.39, 0.29) is 0 Å². The lowest BCUT2D eigenvalue weighted by molar-refractivity contribution is 0.976. The first kappa shape index (κ1) is 7.80. The van der Waals surface area contributed by atoms with Crippen molar-refractivity contribution in [2.24, 2.45) is 0 Å². The van der Waals surface area contributed by atoms with Crippen LogP contribution in [0.5, 0.6) is 0 Å². The minimum atomic E-state index is 0.613. The Morgan fingerprint density at radius 2 is 2.42 bits per heavy atom. The van der Waals surface area contributed by atoms with Gasteiger partial charge in [-0.15, -0.1) is 11.8 Å². The summed E-state index contributed by atoms with van der Waals surface area (Å²) in [6.45, 7) is 3.23. The number of hydrogen-bond donors (Lipinski definition) is 2. The van der Waals surface area contributed by atoms with Crippen molar-refractivity contribution in [2.75, 3.05) is 17.6 Å². The van der Waals surface area contributed by atoms with Crippen LogP contribution in [0.1, 0.15) is 6.92 Å². The third-order valence-corrected chi connectivity index (χ3v) is 3.20. The highest BCUT2D eigenvalue weighted by atomic mass is 32.2. The molecule has 1 aliphatic rings. The number of benzene rings is 1. The number of thioether (sulfide) groups is 1. The Hall–Kier alpha value is -0.830. The van der Waals surface area contributed by atoms with Gasteiger partial charge in [-0.05, 0) is 12.1 Å². The van der Waals surface area contributed by atoms with Crippen molar-refractivity contribution in [3.8, 4) is 0 Å². The summed E-state index contributed by atoms with van der Waals surface area (Å²) in [7, 11) is 0. The summed E-state index contributed by atoms with van der Waals surface area (Å²) >= 11 is 1.85. The lowest BCUT2D eigenvalue weighted by Crippen LogP contribution is -2.18. The van der Waals surface area contributed by atoms with Crippen LogP contribution in [-0.4, -0.2) is 11.8 Å². The van der Waals surface area contributed by atoms with Crippen molar-refractivity contribution in [3.05, 3.63) is 18.2 Å². The molecule has 0 amide bonds. The molecule has 0 fully saturated rings. The number of fused-ring (bicyclic) bond motifs is 1. The topological polar surface area (TPSA) is 38.0 Å². The van der Waals surface area contributed by atoms with E-state index in [0.717, 1.165) is 12.2 Å². The Kier molecular flexibility index (Phi) is 1.89. The molecule has 3 heteroatoms.